The van der Waals surface area contributed by atoms with E-state index < -0.39 is 0 Å². The zero-order valence-electron chi connectivity index (χ0n) is 11.0. The van der Waals surface area contributed by atoms with Crippen molar-refractivity contribution in [1.82, 2.24) is 5.32 Å². The van der Waals surface area contributed by atoms with Crippen LogP contribution in [-0.2, 0) is 0 Å². The van der Waals surface area contributed by atoms with E-state index in [1.165, 1.54) is 64.3 Å². The molecule has 2 unspecified atom stereocenters. The van der Waals surface area contributed by atoms with Gasteiger partial charge in [-0.15, -0.1) is 6.58 Å². The van der Waals surface area contributed by atoms with Crippen LogP contribution in [0.1, 0.15) is 57.8 Å². The van der Waals surface area contributed by atoms with Crippen molar-refractivity contribution in [2.45, 2.75) is 57.8 Å². The quantitative estimate of drug-likeness (QED) is 0.481. The molecule has 1 saturated carbocycles. The lowest BCUT2D eigenvalue weighted by atomic mass is 9.76. The fraction of sp³-hybridized carbons (Fsp3) is 0.867. The fourth-order valence-corrected chi connectivity index (χ4v) is 3.07. The van der Waals surface area contributed by atoms with Gasteiger partial charge in [0.15, 0.2) is 0 Å². The van der Waals surface area contributed by atoms with E-state index in [4.69, 9.17) is 0 Å². The van der Waals surface area contributed by atoms with E-state index in [0.717, 1.165) is 11.8 Å². The van der Waals surface area contributed by atoms with Crippen molar-refractivity contribution in [1.29, 1.82) is 0 Å². The number of rotatable bonds is 8. The molecule has 0 saturated heterocycles. The molecule has 0 radical (unpaired) electrons. The van der Waals surface area contributed by atoms with Gasteiger partial charge in [0, 0.05) is 0 Å². The normalized spacial score (nSPS) is 25.6. The van der Waals surface area contributed by atoms with Gasteiger partial charge in [-0.25, -0.2) is 0 Å². The summed E-state index contributed by atoms with van der Waals surface area (Å²) < 4.78 is 0. The lowest BCUT2D eigenvalue weighted by Crippen LogP contribution is -2.28. The van der Waals surface area contributed by atoms with Crippen LogP contribution in [0.4, 0.5) is 0 Å². The summed E-state index contributed by atoms with van der Waals surface area (Å²) in [7, 11) is 2.09. The minimum absolute atomic E-state index is 0.957. The summed E-state index contributed by atoms with van der Waals surface area (Å²) in [6.07, 6.45) is 14.7. The second-order valence-corrected chi connectivity index (χ2v) is 5.29. The van der Waals surface area contributed by atoms with Crippen LogP contribution in [-0.4, -0.2) is 13.6 Å². The Morgan fingerprint density at radius 1 is 1.12 bits per heavy atom. The third-order valence-corrected chi connectivity index (χ3v) is 4.02. The largest absolute Gasteiger partial charge is 0.319 e. The maximum absolute atomic E-state index is 3.78. The number of hydrogen-bond acceptors (Lipinski definition) is 1. The second-order valence-electron chi connectivity index (χ2n) is 5.29. The molecule has 2 atom stereocenters. The molecule has 0 aromatic heterocycles. The van der Waals surface area contributed by atoms with Crippen LogP contribution < -0.4 is 5.32 Å². The summed E-state index contributed by atoms with van der Waals surface area (Å²) in [5.74, 6) is 1.96. The minimum Gasteiger partial charge on any atom is -0.319 e. The molecule has 1 rings (SSSR count). The molecule has 0 aromatic rings. The Balaban J connectivity index is 2.13. The Morgan fingerprint density at radius 3 is 2.56 bits per heavy atom. The number of allylic oxidation sites excluding steroid dienone is 1. The van der Waals surface area contributed by atoms with Gasteiger partial charge in [0.25, 0.3) is 0 Å². The smallest absolute Gasteiger partial charge is 0.00209 e. The molecule has 0 spiro atoms. The van der Waals surface area contributed by atoms with E-state index in [1.54, 1.807) is 0 Å². The molecule has 0 amide bonds. The summed E-state index contributed by atoms with van der Waals surface area (Å²) in [5, 5.41) is 3.36. The Kier molecular flexibility index (Phi) is 7.58. The van der Waals surface area contributed by atoms with Crippen molar-refractivity contribution >= 4 is 0 Å². The molecule has 0 bridgehead atoms. The molecule has 1 heteroatoms. The first-order valence-electron chi connectivity index (χ1n) is 7.14. The summed E-state index contributed by atoms with van der Waals surface area (Å²) in [6.45, 7) is 5.01. The standard InChI is InChI=1S/C15H29N/c1-3-4-5-6-7-10-14-11-8-9-12-15(14)13-16-2/h3,14-16H,1,4-13H2,2H3. The Morgan fingerprint density at radius 2 is 1.88 bits per heavy atom. The molecule has 0 heterocycles. The molecule has 1 fully saturated rings. The first-order chi connectivity index (χ1) is 7.88. The second kappa shape index (κ2) is 8.81. The van der Waals surface area contributed by atoms with E-state index in [2.05, 4.69) is 18.9 Å². The molecular weight excluding hydrogens is 194 g/mol. The third-order valence-electron chi connectivity index (χ3n) is 4.02. The van der Waals surface area contributed by atoms with Crippen LogP contribution in [0.3, 0.4) is 0 Å². The lowest BCUT2D eigenvalue weighted by molar-refractivity contribution is 0.216. The van der Waals surface area contributed by atoms with Crippen molar-refractivity contribution in [3.8, 4) is 0 Å². The molecule has 1 aliphatic rings. The highest BCUT2D eigenvalue weighted by Crippen LogP contribution is 2.33. The maximum Gasteiger partial charge on any atom is -0.00209 e. The van der Waals surface area contributed by atoms with Gasteiger partial charge >= 0.3 is 0 Å². The predicted molar refractivity (Wildman–Crippen MR) is 72.7 cm³/mol. The summed E-state index contributed by atoms with van der Waals surface area (Å²) in [4.78, 5) is 0. The molecular formula is C15H29N. The Labute approximate surface area is 102 Å². The fourth-order valence-electron chi connectivity index (χ4n) is 3.07. The first kappa shape index (κ1) is 13.8. The van der Waals surface area contributed by atoms with Crippen molar-refractivity contribution in [2.75, 3.05) is 13.6 Å². The number of hydrogen-bond donors (Lipinski definition) is 1. The Hall–Kier alpha value is -0.300. The van der Waals surface area contributed by atoms with E-state index in [9.17, 15) is 0 Å². The van der Waals surface area contributed by atoms with Crippen LogP contribution in [0, 0.1) is 11.8 Å². The average Bonchev–Trinajstić information content (AvgIpc) is 2.31. The van der Waals surface area contributed by atoms with Gasteiger partial charge in [-0.1, -0.05) is 44.6 Å². The van der Waals surface area contributed by atoms with Crippen molar-refractivity contribution < 1.29 is 0 Å². The van der Waals surface area contributed by atoms with Gasteiger partial charge in [0.05, 0.1) is 0 Å². The van der Waals surface area contributed by atoms with Gasteiger partial charge < -0.3 is 5.32 Å². The molecule has 16 heavy (non-hydrogen) atoms. The topological polar surface area (TPSA) is 12.0 Å². The molecule has 1 nitrogen and oxygen atoms in total. The third kappa shape index (κ3) is 5.16. The van der Waals surface area contributed by atoms with E-state index in [1.807, 2.05) is 6.08 Å². The van der Waals surface area contributed by atoms with E-state index >= 15 is 0 Å². The molecule has 94 valence electrons. The van der Waals surface area contributed by atoms with Gasteiger partial charge in [-0.3, -0.25) is 0 Å². The highest BCUT2D eigenvalue weighted by Gasteiger charge is 2.23. The molecule has 1 aliphatic carbocycles. The average molecular weight is 223 g/mol. The summed E-state index contributed by atoms with van der Waals surface area (Å²) >= 11 is 0. The molecule has 1 N–H and O–H groups in total. The molecule has 0 aliphatic heterocycles. The SMILES string of the molecule is C=CCCCCCC1CCCCC1CNC. The highest BCUT2D eigenvalue weighted by molar-refractivity contribution is 4.77. The predicted octanol–water partition coefficient (Wildman–Crippen LogP) is 4.15. The zero-order chi connectivity index (χ0) is 11.6. The zero-order valence-corrected chi connectivity index (χ0v) is 11.0. The van der Waals surface area contributed by atoms with Gasteiger partial charge in [0.2, 0.25) is 0 Å². The van der Waals surface area contributed by atoms with Crippen molar-refractivity contribution in [3.63, 3.8) is 0 Å². The summed E-state index contributed by atoms with van der Waals surface area (Å²) in [5.41, 5.74) is 0. The van der Waals surface area contributed by atoms with Crippen molar-refractivity contribution in [3.05, 3.63) is 12.7 Å². The summed E-state index contributed by atoms with van der Waals surface area (Å²) in [6, 6.07) is 0. The van der Waals surface area contributed by atoms with Gasteiger partial charge in [-0.2, -0.15) is 0 Å². The van der Waals surface area contributed by atoms with E-state index in [-0.39, 0.29) is 0 Å². The Bertz CT molecular complexity index is 174. The lowest BCUT2D eigenvalue weighted by Gasteiger charge is -2.31. The van der Waals surface area contributed by atoms with Crippen LogP contribution in [0.2, 0.25) is 0 Å². The monoisotopic (exact) mass is 223 g/mol. The van der Waals surface area contributed by atoms with Crippen LogP contribution in [0.15, 0.2) is 12.7 Å². The van der Waals surface area contributed by atoms with Gasteiger partial charge in [-0.05, 0) is 44.7 Å². The van der Waals surface area contributed by atoms with Crippen LogP contribution >= 0.6 is 0 Å². The van der Waals surface area contributed by atoms with E-state index in [0.29, 0.717) is 0 Å². The van der Waals surface area contributed by atoms with Crippen LogP contribution in [0.25, 0.3) is 0 Å². The van der Waals surface area contributed by atoms with Crippen molar-refractivity contribution in [2.24, 2.45) is 11.8 Å². The number of unbranched alkanes of at least 4 members (excludes halogenated alkanes) is 3. The highest BCUT2D eigenvalue weighted by atomic mass is 14.8. The molecule has 0 aromatic carbocycles. The minimum atomic E-state index is 0.957. The van der Waals surface area contributed by atoms with Crippen LogP contribution in [0.5, 0.6) is 0 Å². The maximum atomic E-state index is 3.78. The first-order valence-corrected chi connectivity index (χ1v) is 7.14. The number of nitrogens with one attached hydrogen (secondary N) is 1. The van der Waals surface area contributed by atoms with Gasteiger partial charge in [0.1, 0.15) is 0 Å².